The van der Waals surface area contributed by atoms with Crippen molar-refractivity contribution in [3.8, 4) is 5.75 Å². The van der Waals surface area contributed by atoms with Gasteiger partial charge in [0.05, 0.1) is 0 Å². The summed E-state index contributed by atoms with van der Waals surface area (Å²) in [6, 6.07) is 7.28. The summed E-state index contributed by atoms with van der Waals surface area (Å²) in [6.45, 7) is 3.08. The number of hydrogen-bond donors (Lipinski definition) is 1. The number of aliphatic imine (C=N–C) groups is 1. The largest absolute Gasteiger partial charge is 0.507 e. The van der Waals surface area contributed by atoms with Crippen LogP contribution in [0.25, 0.3) is 0 Å². The van der Waals surface area contributed by atoms with E-state index in [4.69, 9.17) is 0 Å². The first kappa shape index (κ1) is 12.8. The summed E-state index contributed by atoms with van der Waals surface area (Å²) >= 11 is 0. The summed E-state index contributed by atoms with van der Waals surface area (Å²) in [5.41, 5.74) is 0.802. The average molecular weight is 219 g/mol. The zero-order chi connectivity index (χ0) is 11.6. The van der Waals surface area contributed by atoms with E-state index in [1.54, 1.807) is 12.3 Å². The van der Waals surface area contributed by atoms with Crippen molar-refractivity contribution < 1.29 is 5.11 Å². The van der Waals surface area contributed by atoms with Crippen LogP contribution in [0.4, 0.5) is 0 Å². The zero-order valence-electron chi connectivity index (χ0n) is 10.0. The lowest BCUT2D eigenvalue weighted by molar-refractivity contribution is 0.474. The molecular weight excluding hydrogens is 198 g/mol. The number of hydrogen-bond acceptors (Lipinski definition) is 2. The summed E-state index contributed by atoms with van der Waals surface area (Å²) in [6.07, 6.45) is 8.07. The monoisotopic (exact) mass is 219 g/mol. The first-order chi connectivity index (χ1) is 7.84. The lowest BCUT2D eigenvalue weighted by atomic mass is 10.1. The SMILES string of the molecule is CCCCCCCN=Cc1ccccc1O. The van der Waals surface area contributed by atoms with E-state index in [1.165, 1.54) is 25.7 Å². The van der Waals surface area contributed by atoms with E-state index in [2.05, 4.69) is 11.9 Å². The van der Waals surface area contributed by atoms with Gasteiger partial charge in [-0.05, 0) is 18.6 Å². The van der Waals surface area contributed by atoms with Crippen LogP contribution < -0.4 is 0 Å². The number of unbranched alkanes of at least 4 members (excludes halogenated alkanes) is 4. The lowest BCUT2D eigenvalue weighted by Crippen LogP contribution is -1.86. The maximum Gasteiger partial charge on any atom is 0.124 e. The third-order valence-corrected chi connectivity index (χ3v) is 2.56. The summed E-state index contributed by atoms with van der Waals surface area (Å²) in [4.78, 5) is 4.32. The molecule has 0 bridgehead atoms. The van der Waals surface area contributed by atoms with E-state index in [9.17, 15) is 5.11 Å². The highest BCUT2D eigenvalue weighted by molar-refractivity contribution is 5.83. The van der Waals surface area contributed by atoms with E-state index in [0.29, 0.717) is 5.75 Å². The van der Waals surface area contributed by atoms with Crippen LogP contribution in [0.2, 0.25) is 0 Å². The standard InChI is InChI=1S/C14H21NO/c1-2-3-4-5-8-11-15-12-13-9-6-7-10-14(13)16/h6-7,9-10,12,16H,2-5,8,11H2,1H3. The highest BCUT2D eigenvalue weighted by Gasteiger charge is 1.93. The molecule has 2 nitrogen and oxygen atoms in total. The van der Waals surface area contributed by atoms with Crippen LogP contribution >= 0.6 is 0 Å². The van der Waals surface area contributed by atoms with Crippen LogP contribution in [0.5, 0.6) is 5.75 Å². The second kappa shape index (κ2) is 7.91. The molecule has 0 aliphatic rings. The van der Waals surface area contributed by atoms with Gasteiger partial charge in [-0.1, -0.05) is 44.7 Å². The Kier molecular flexibility index (Phi) is 6.31. The molecule has 0 saturated heterocycles. The summed E-state index contributed by atoms with van der Waals surface area (Å²) in [7, 11) is 0. The first-order valence-electron chi connectivity index (χ1n) is 6.12. The van der Waals surface area contributed by atoms with Crippen molar-refractivity contribution in [3.63, 3.8) is 0 Å². The summed E-state index contributed by atoms with van der Waals surface area (Å²) in [5.74, 6) is 0.303. The molecule has 0 unspecified atom stereocenters. The molecule has 1 rings (SSSR count). The molecular formula is C14H21NO. The Balaban J connectivity index is 2.20. The predicted octanol–water partition coefficient (Wildman–Crippen LogP) is 3.78. The fourth-order valence-corrected chi connectivity index (χ4v) is 1.57. The van der Waals surface area contributed by atoms with E-state index in [0.717, 1.165) is 18.5 Å². The minimum Gasteiger partial charge on any atom is -0.507 e. The van der Waals surface area contributed by atoms with Crippen molar-refractivity contribution in [2.24, 2.45) is 4.99 Å². The van der Waals surface area contributed by atoms with Gasteiger partial charge in [-0.2, -0.15) is 0 Å². The Labute approximate surface area is 98.0 Å². The third kappa shape index (κ3) is 4.96. The van der Waals surface area contributed by atoms with Gasteiger partial charge in [0.2, 0.25) is 0 Å². The van der Waals surface area contributed by atoms with Gasteiger partial charge in [0.15, 0.2) is 0 Å². The fourth-order valence-electron chi connectivity index (χ4n) is 1.57. The molecule has 0 radical (unpaired) electrons. The Morgan fingerprint density at radius 1 is 1.12 bits per heavy atom. The molecule has 0 aliphatic carbocycles. The first-order valence-corrected chi connectivity index (χ1v) is 6.12. The average Bonchev–Trinajstić information content (AvgIpc) is 2.30. The minimum absolute atomic E-state index is 0.303. The highest BCUT2D eigenvalue weighted by Crippen LogP contribution is 2.12. The van der Waals surface area contributed by atoms with Crippen molar-refractivity contribution in [2.75, 3.05) is 6.54 Å². The second-order valence-corrected chi connectivity index (χ2v) is 4.01. The number of phenols is 1. The van der Waals surface area contributed by atoms with Gasteiger partial charge in [0.1, 0.15) is 5.75 Å². The molecule has 0 saturated carbocycles. The molecule has 2 heteroatoms. The van der Waals surface area contributed by atoms with Crippen LogP contribution in [-0.2, 0) is 0 Å². The number of benzene rings is 1. The zero-order valence-corrected chi connectivity index (χ0v) is 10.0. The Hall–Kier alpha value is -1.31. The van der Waals surface area contributed by atoms with Crippen LogP contribution in [-0.4, -0.2) is 17.9 Å². The van der Waals surface area contributed by atoms with Crippen molar-refractivity contribution in [1.82, 2.24) is 0 Å². The third-order valence-electron chi connectivity index (χ3n) is 2.56. The topological polar surface area (TPSA) is 32.6 Å². The molecule has 88 valence electrons. The fraction of sp³-hybridized carbons (Fsp3) is 0.500. The van der Waals surface area contributed by atoms with Gasteiger partial charge in [-0.25, -0.2) is 0 Å². The number of phenolic OH excluding ortho intramolecular Hbond substituents is 1. The van der Waals surface area contributed by atoms with Gasteiger partial charge in [0.25, 0.3) is 0 Å². The number of aromatic hydroxyl groups is 1. The van der Waals surface area contributed by atoms with Crippen LogP contribution in [0, 0.1) is 0 Å². The van der Waals surface area contributed by atoms with E-state index < -0.39 is 0 Å². The number of rotatable bonds is 7. The maximum absolute atomic E-state index is 9.49. The lowest BCUT2D eigenvalue weighted by Gasteiger charge is -1.98. The summed E-state index contributed by atoms with van der Waals surface area (Å²) in [5, 5.41) is 9.49. The Morgan fingerprint density at radius 2 is 1.88 bits per heavy atom. The molecule has 1 aromatic rings. The number of para-hydroxylation sites is 1. The van der Waals surface area contributed by atoms with Gasteiger partial charge in [-0.15, -0.1) is 0 Å². The van der Waals surface area contributed by atoms with Gasteiger partial charge >= 0.3 is 0 Å². The molecule has 0 heterocycles. The normalized spacial score (nSPS) is 11.1. The van der Waals surface area contributed by atoms with Crippen molar-refractivity contribution in [3.05, 3.63) is 29.8 Å². The predicted molar refractivity (Wildman–Crippen MR) is 69.3 cm³/mol. The van der Waals surface area contributed by atoms with Crippen molar-refractivity contribution >= 4 is 6.21 Å². The maximum atomic E-state index is 9.49. The quantitative estimate of drug-likeness (QED) is 0.549. The van der Waals surface area contributed by atoms with Gasteiger partial charge in [0, 0.05) is 18.3 Å². The van der Waals surface area contributed by atoms with Crippen molar-refractivity contribution in [2.45, 2.75) is 39.0 Å². The molecule has 0 aromatic heterocycles. The molecule has 0 fully saturated rings. The second-order valence-electron chi connectivity index (χ2n) is 4.01. The van der Waals surface area contributed by atoms with Gasteiger partial charge < -0.3 is 5.11 Å². The van der Waals surface area contributed by atoms with Crippen molar-refractivity contribution in [1.29, 1.82) is 0 Å². The molecule has 0 amide bonds. The molecule has 16 heavy (non-hydrogen) atoms. The smallest absolute Gasteiger partial charge is 0.124 e. The summed E-state index contributed by atoms with van der Waals surface area (Å²) < 4.78 is 0. The Bertz CT molecular complexity index is 320. The molecule has 0 atom stereocenters. The number of nitrogens with zero attached hydrogens (tertiary/aromatic N) is 1. The molecule has 1 aromatic carbocycles. The van der Waals surface area contributed by atoms with E-state index in [-0.39, 0.29) is 0 Å². The highest BCUT2D eigenvalue weighted by atomic mass is 16.3. The van der Waals surface area contributed by atoms with Crippen LogP contribution in [0.3, 0.4) is 0 Å². The molecule has 1 N–H and O–H groups in total. The van der Waals surface area contributed by atoms with Crippen LogP contribution in [0.1, 0.15) is 44.6 Å². The Morgan fingerprint density at radius 3 is 2.62 bits per heavy atom. The minimum atomic E-state index is 0.303. The molecule has 0 aliphatic heterocycles. The van der Waals surface area contributed by atoms with Gasteiger partial charge in [-0.3, -0.25) is 4.99 Å². The molecule has 0 spiro atoms. The van der Waals surface area contributed by atoms with E-state index in [1.807, 2.05) is 18.2 Å². The van der Waals surface area contributed by atoms with E-state index >= 15 is 0 Å². The van der Waals surface area contributed by atoms with Crippen LogP contribution in [0.15, 0.2) is 29.3 Å².